The Morgan fingerprint density at radius 1 is 1.18 bits per heavy atom. The molecule has 0 amide bonds. The SMILES string of the molecule is O=c1/c(=C/c2ccco2)sc2nnc(-c3ccccc3Cl)n12. The highest BCUT2D eigenvalue weighted by Crippen LogP contribution is 2.25. The van der Waals surface area contributed by atoms with Crippen LogP contribution < -0.4 is 10.1 Å². The van der Waals surface area contributed by atoms with Crippen LogP contribution in [0, 0.1) is 0 Å². The fourth-order valence-corrected chi connectivity index (χ4v) is 3.30. The molecule has 0 saturated carbocycles. The van der Waals surface area contributed by atoms with Crippen LogP contribution in [0.25, 0.3) is 22.4 Å². The van der Waals surface area contributed by atoms with Gasteiger partial charge in [0.2, 0.25) is 4.96 Å². The lowest BCUT2D eigenvalue weighted by atomic mass is 10.2. The number of hydrogen-bond donors (Lipinski definition) is 0. The molecule has 4 aromatic rings. The second-order valence-electron chi connectivity index (χ2n) is 4.55. The van der Waals surface area contributed by atoms with Gasteiger partial charge in [-0.15, -0.1) is 10.2 Å². The number of thiazole rings is 1. The summed E-state index contributed by atoms with van der Waals surface area (Å²) < 4.78 is 7.25. The summed E-state index contributed by atoms with van der Waals surface area (Å²) in [5.41, 5.74) is 0.493. The van der Waals surface area contributed by atoms with Crippen molar-refractivity contribution >= 4 is 34.0 Å². The lowest BCUT2D eigenvalue weighted by Crippen LogP contribution is -2.23. The van der Waals surface area contributed by atoms with Crippen molar-refractivity contribution in [3.8, 4) is 11.4 Å². The van der Waals surface area contributed by atoms with Crippen molar-refractivity contribution in [3.63, 3.8) is 0 Å². The van der Waals surface area contributed by atoms with E-state index in [1.807, 2.05) is 18.2 Å². The molecule has 22 heavy (non-hydrogen) atoms. The molecule has 4 rings (SSSR count). The van der Waals surface area contributed by atoms with Gasteiger partial charge in [-0.3, -0.25) is 4.79 Å². The molecule has 0 aliphatic rings. The van der Waals surface area contributed by atoms with Crippen molar-refractivity contribution < 1.29 is 4.42 Å². The third-order valence-electron chi connectivity index (χ3n) is 3.18. The Balaban J connectivity index is 1.99. The summed E-state index contributed by atoms with van der Waals surface area (Å²) in [6.45, 7) is 0. The van der Waals surface area contributed by atoms with Gasteiger partial charge in [0.15, 0.2) is 5.82 Å². The molecule has 1 aromatic carbocycles. The number of rotatable bonds is 2. The quantitative estimate of drug-likeness (QED) is 0.567. The maximum atomic E-state index is 12.6. The minimum atomic E-state index is -0.184. The van der Waals surface area contributed by atoms with Gasteiger partial charge in [0, 0.05) is 11.6 Å². The van der Waals surface area contributed by atoms with E-state index in [2.05, 4.69) is 10.2 Å². The monoisotopic (exact) mass is 329 g/mol. The molecule has 0 atom stereocenters. The van der Waals surface area contributed by atoms with Gasteiger partial charge < -0.3 is 4.42 Å². The van der Waals surface area contributed by atoms with E-state index in [1.54, 1.807) is 30.5 Å². The number of benzene rings is 1. The zero-order valence-corrected chi connectivity index (χ0v) is 12.6. The van der Waals surface area contributed by atoms with Gasteiger partial charge in [-0.1, -0.05) is 35.1 Å². The summed E-state index contributed by atoms with van der Waals surface area (Å²) >= 11 is 7.45. The number of halogens is 1. The maximum Gasteiger partial charge on any atom is 0.276 e. The molecule has 0 saturated heterocycles. The van der Waals surface area contributed by atoms with E-state index in [4.69, 9.17) is 16.0 Å². The summed E-state index contributed by atoms with van der Waals surface area (Å²) in [5.74, 6) is 1.06. The highest BCUT2D eigenvalue weighted by molar-refractivity contribution is 7.15. The molecule has 5 nitrogen and oxygen atoms in total. The second kappa shape index (κ2) is 5.08. The Kier molecular flexibility index (Phi) is 3.06. The predicted octanol–water partition coefficient (Wildman–Crippen LogP) is 2.61. The van der Waals surface area contributed by atoms with Gasteiger partial charge in [0.25, 0.3) is 5.56 Å². The number of hydrogen-bond acceptors (Lipinski definition) is 5. The van der Waals surface area contributed by atoms with E-state index in [-0.39, 0.29) is 5.56 Å². The van der Waals surface area contributed by atoms with Crippen LogP contribution in [0.3, 0.4) is 0 Å². The first-order chi connectivity index (χ1) is 10.7. The van der Waals surface area contributed by atoms with E-state index < -0.39 is 0 Å². The van der Waals surface area contributed by atoms with Crippen molar-refractivity contribution in [1.29, 1.82) is 0 Å². The van der Waals surface area contributed by atoms with Crippen LogP contribution in [-0.4, -0.2) is 14.6 Å². The first kappa shape index (κ1) is 13.2. The summed E-state index contributed by atoms with van der Waals surface area (Å²) in [6, 6.07) is 10.8. The molecule has 0 bridgehead atoms. The van der Waals surface area contributed by atoms with Crippen LogP contribution in [0.2, 0.25) is 5.02 Å². The summed E-state index contributed by atoms with van der Waals surface area (Å²) in [6.07, 6.45) is 3.25. The summed E-state index contributed by atoms with van der Waals surface area (Å²) in [5, 5.41) is 8.68. The lowest BCUT2D eigenvalue weighted by molar-refractivity contribution is 0.556. The highest BCUT2D eigenvalue weighted by Gasteiger charge is 2.16. The van der Waals surface area contributed by atoms with Crippen LogP contribution in [0.1, 0.15) is 5.76 Å². The third-order valence-corrected chi connectivity index (χ3v) is 4.47. The standard InChI is InChI=1S/C15H8ClN3O2S/c16-11-6-2-1-5-10(11)13-17-18-15-19(13)14(20)12(22-15)8-9-4-3-7-21-9/h1-8H/b12-8-. The fourth-order valence-electron chi connectivity index (χ4n) is 2.18. The van der Waals surface area contributed by atoms with Gasteiger partial charge in [0.1, 0.15) is 10.3 Å². The average Bonchev–Trinajstić information content (AvgIpc) is 3.21. The van der Waals surface area contributed by atoms with Crippen molar-refractivity contribution in [2.45, 2.75) is 0 Å². The van der Waals surface area contributed by atoms with Crippen molar-refractivity contribution in [2.75, 3.05) is 0 Å². The molecular formula is C15H8ClN3O2S. The molecular weight excluding hydrogens is 322 g/mol. The number of aromatic nitrogens is 3. The van der Waals surface area contributed by atoms with Crippen LogP contribution in [0.15, 0.2) is 51.9 Å². The Labute approximate surface area is 133 Å². The van der Waals surface area contributed by atoms with Crippen LogP contribution in [-0.2, 0) is 0 Å². The summed E-state index contributed by atoms with van der Waals surface area (Å²) in [4.78, 5) is 13.1. The third kappa shape index (κ3) is 2.04. The van der Waals surface area contributed by atoms with E-state index in [0.717, 1.165) is 0 Å². The van der Waals surface area contributed by atoms with Gasteiger partial charge in [-0.2, -0.15) is 0 Å². The molecule has 3 aromatic heterocycles. The fraction of sp³-hybridized carbons (Fsp3) is 0. The molecule has 0 radical (unpaired) electrons. The number of furan rings is 1. The van der Waals surface area contributed by atoms with E-state index in [1.165, 1.54) is 15.7 Å². The lowest BCUT2D eigenvalue weighted by Gasteiger charge is -1.99. The number of nitrogens with zero attached hydrogens (tertiary/aromatic N) is 3. The van der Waals surface area contributed by atoms with Crippen molar-refractivity contribution in [2.24, 2.45) is 0 Å². The van der Waals surface area contributed by atoms with E-state index in [9.17, 15) is 4.79 Å². The smallest absolute Gasteiger partial charge is 0.276 e. The Morgan fingerprint density at radius 3 is 2.82 bits per heavy atom. The molecule has 0 fully saturated rings. The van der Waals surface area contributed by atoms with Crippen LogP contribution in [0.5, 0.6) is 0 Å². The van der Waals surface area contributed by atoms with Crippen molar-refractivity contribution in [1.82, 2.24) is 14.6 Å². The Bertz CT molecular complexity index is 1070. The van der Waals surface area contributed by atoms with Gasteiger partial charge >= 0.3 is 0 Å². The minimum Gasteiger partial charge on any atom is -0.465 e. The molecule has 0 unspecified atom stereocenters. The van der Waals surface area contributed by atoms with E-state index in [0.29, 0.717) is 31.7 Å². The molecule has 0 aliphatic carbocycles. The minimum absolute atomic E-state index is 0.184. The van der Waals surface area contributed by atoms with Gasteiger partial charge in [0.05, 0.1) is 11.3 Å². The molecule has 3 heterocycles. The first-order valence-corrected chi connectivity index (χ1v) is 7.61. The zero-order chi connectivity index (χ0) is 15.1. The zero-order valence-electron chi connectivity index (χ0n) is 11.1. The van der Waals surface area contributed by atoms with Crippen LogP contribution in [0.4, 0.5) is 0 Å². The molecule has 0 spiro atoms. The Morgan fingerprint density at radius 2 is 2.05 bits per heavy atom. The highest BCUT2D eigenvalue weighted by atomic mass is 35.5. The van der Waals surface area contributed by atoms with Gasteiger partial charge in [-0.25, -0.2) is 4.40 Å². The van der Waals surface area contributed by atoms with Crippen molar-refractivity contribution in [3.05, 3.63) is 68.3 Å². The normalized spacial score (nSPS) is 12.3. The molecule has 7 heteroatoms. The molecule has 0 N–H and O–H groups in total. The molecule has 108 valence electrons. The van der Waals surface area contributed by atoms with Crippen LogP contribution >= 0.6 is 22.9 Å². The topological polar surface area (TPSA) is 60.4 Å². The second-order valence-corrected chi connectivity index (χ2v) is 5.97. The van der Waals surface area contributed by atoms with Gasteiger partial charge in [-0.05, 0) is 24.3 Å². The number of fused-ring (bicyclic) bond motifs is 1. The average molecular weight is 330 g/mol. The summed E-state index contributed by atoms with van der Waals surface area (Å²) in [7, 11) is 0. The first-order valence-electron chi connectivity index (χ1n) is 6.42. The largest absolute Gasteiger partial charge is 0.465 e. The van der Waals surface area contributed by atoms with E-state index >= 15 is 0 Å². The molecule has 0 aliphatic heterocycles. The predicted molar refractivity (Wildman–Crippen MR) is 85.1 cm³/mol. The maximum absolute atomic E-state index is 12.6. The Hall–Kier alpha value is -2.44.